The first-order valence-electron chi connectivity index (χ1n) is 6.33. The van der Waals surface area contributed by atoms with E-state index >= 15 is 0 Å². The Hall–Kier alpha value is -0.780. The molecule has 2 unspecified atom stereocenters. The molecule has 0 aromatic heterocycles. The summed E-state index contributed by atoms with van der Waals surface area (Å²) < 4.78 is 32.2. The summed E-state index contributed by atoms with van der Waals surface area (Å²) in [6, 6.07) is 7.17. The molecule has 1 saturated heterocycles. The Morgan fingerprint density at radius 1 is 1.47 bits per heavy atom. The van der Waals surface area contributed by atoms with E-state index in [1.165, 1.54) is 0 Å². The van der Waals surface area contributed by atoms with Crippen LogP contribution in [0.15, 0.2) is 24.3 Å². The molecule has 0 saturated carbocycles. The van der Waals surface area contributed by atoms with E-state index in [0.29, 0.717) is 12.3 Å². The predicted molar refractivity (Wildman–Crippen MR) is 77.1 cm³/mol. The molecule has 1 fully saturated rings. The van der Waals surface area contributed by atoms with Gasteiger partial charge in [0.05, 0.1) is 22.9 Å². The Balaban J connectivity index is 2.11. The van der Waals surface area contributed by atoms with Crippen molar-refractivity contribution in [2.24, 2.45) is 0 Å². The second-order valence-electron chi connectivity index (χ2n) is 4.72. The van der Waals surface area contributed by atoms with Crippen LogP contribution in [-0.4, -0.2) is 26.9 Å². The number of alkyl halides is 1. The van der Waals surface area contributed by atoms with Gasteiger partial charge in [-0.15, -0.1) is 11.6 Å². The van der Waals surface area contributed by atoms with Gasteiger partial charge in [-0.25, -0.2) is 8.42 Å². The van der Waals surface area contributed by atoms with Crippen molar-refractivity contribution < 1.29 is 13.2 Å². The summed E-state index contributed by atoms with van der Waals surface area (Å²) in [6.45, 7) is 2.46. The maximum absolute atomic E-state index is 12.1. The third-order valence-corrected chi connectivity index (χ3v) is 4.66. The molecular formula is C13H18ClNO3S. The van der Waals surface area contributed by atoms with Crippen molar-refractivity contribution in [1.82, 2.24) is 0 Å². The number of nitrogens with one attached hydrogen (secondary N) is 1. The highest BCUT2D eigenvalue weighted by atomic mass is 35.5. The molecule has 4 nitrogen and oxygen atoms in total. The molecule has 1 aliphatic heterocycles. The number of benzene rings is 1. The molecule has 1 N–H and O–H groups in total. The molecule has 0 bridgehead atoms. The summed E-state index contributed by atoms with van der Waals surface area (Å²) in [5.74, 6) is -0.00198. The zero-order chi connectivity index (χ0) is 13.9. The van der Waals surface area contributed by atoms with Crippen LogP contribution in [0.5, 0.6) is 0 Å². The van der Waals surface area contributed by atoms with Crippen molar-refractivity contribution in [1.29, 1.82) is 0 Å². The van der Waals surface area contributed by atoms with Gasteiger partial charge in [-0.3, -0.25) is 4.72 Å². The molecule has 1 aromatic carbocycles. The Bertz CT molecular complexity index is 524. The van der Waals surface area contributed by atoms with Crippen LogP contribution in [-0.2, 0) is 14.8 Å². The van der Waals surface area contributed by atoms with Crippen molar-refractivity contribution in [3.63, 3.8) is 0 Å². The lowest BCUT2D eigenvalue weighted by Crippen LogP contribution is -2.26. The van der Waals surface area contributed by atoms with Gasteiger partial charge >= 0.3 is 0 Å². The van der Waals surface area contributed by atoms with Crippen LogP contribution in [0.3, 0.4) is 0 Å². The topological polar surface area (TPSA) is 55.4 Å². The van der Waals surface area contributed by atoms with Crippen LogP contribution >= 0.6 is 11.6 Å². The Labute approximate surface area is 119 Å². The maximum atomic E-state index is 12.1. The molecule has 6 heteroatoms. The maximum Gasteiger partial charge on any atom is 0.235 e. The Kier molecular flexibility index (Phi) is 4.71. The lowest BCUT2D eigenvalue weighted by Gasteiger charge is -2.15. The number of sulfonamides is 1. The third kappa shape index (κ3) is 4.09. The quantitative estimate of drug-likeness (QED) is 0.851. The summed E-state index contributed by atoms with van der Waals surface area (Å²) in [4.78, 5) is 0. The first kappa shape index (κ1) is 14.6. The summed E-state index contributed by atoms with van der Waals surface area (Å²) in [7, 11) is -3.41. The van der Waals surface area contributed by atoms with Gasteiger partial charge in [0.15, 0.2) is 0 Å². The minimum atomic E-state index is -3.41. The number of rotatable bonds is 5. The van der Waals surface area contributed by atoms with Crippen LogP contribution < -0.4 is 4.72 Å². The van der Waals surface area contributed by atoms with Gasteiger partial charge < -0.3 is 4.74 Å². The molecule has 0 radical (unpaired) electrons. The van der Waals surface area contributed by atoms with Gasteiger partial charge in [0.25, 0.3) is 0 Å². The fraction of sp³-hybridized carbons (Fsp3) is 0.538. The Morgan fingerprint density at radius 3 is 2.84 bits per heavy atom. The first-order chi connectivity index (χ1) is 8.98. The highest BCUT2D eigenvalue weighted by Gasteiger charge is 2.24. The zero-order valence-electron chi connectivity index (χ0n) is 10.8. The molecule has 19 heavy (non-hydrogen) atoms. The molecule has 106 valence electrons. The number of para-hydroxylation sites is 1. The normalized spacial score (nSPS) is 21.3. The third-order valence-electron chi connectivity index (χ3n) is 3.08. The van der Waals surface area contributed by atoms with E-state index in [2.05, 4.69) is 4.72 Å². The van der Waals surface area contributed by atoms with E-state index in [1.807, 2.05) is 19.1 Å². The van der Waals surface area contributed by atoms with Gasteiger partial charge in [-0.1, -0.05) is 18.2 Å². The van der Waals surface area contributed by atoms with Gasteiger partial charge in [0.2, 0.25) is 10.0 Å². The van der Waals surface area contributed by atoms with E-state index in [0.717, 1.165) is 18.4 Å². The standard InChI is InChI=1S/C13H18ClNO3S/c1-10(14)12-6-2-3-7-13(12)15-19(16,17)9-11-5-4-8-18-11/h2-3,6-7,10-11,15H,4-5,8-9H2,1H3. The fourth-order valence-electron chi connectivity index (χ4n) is 2.17. The molecule has 0 amide bonds. The average molecular weight is 304 g/mol. The monoisotopic (exact) mass is 303 g/mol. The largest absolute Gasteiger partial charge is 0.377 e. The van der Waals surface area contributed by atoms with Crippen molar-refractivity contribution in [2.45, 2.75) is 31.2 Å². The second-order valence-corrected chi connectivity index (χ2v) is 7.14. The smallest absolute Gasteiger partial charge is 0.235 e. The SMILES string of the molecule is CC(Cl)c1ccccc1NS(=O)(=O)CC1CCCO1. The van der Waals surface area contributed by atoms with Crippen LogP contribution in [0.2, 0.25) is 0 Å². The average Bonchev–Trinajstić information content (AvgIpc) is 2.80. The van der Waals surface area contributed by atoms with E-state index in [-0.39, 0.29) is 17.2 Å². The molecule has 1 heterocycles. The molecule has 1 aliphatic rings. The highest BCUT2D eigenvalue weighted by molar-refractivity contribution is 7.92. The molecule has 0 aliphatic carbocycles. The van der Waals surface area contributed by atoms with Crippen molar-refractivity contribution >= 4 is 27.3 Å². The minimum Gasteiger partial charge on any atom is -0.377 e. The number of halogens is 1. The predicted octanol–water partition coefficient (Wildman–Crippen LogP) is 2.91. The molecular weight excluding hydrogens is 286 g/mol. The van der Waals surface area contributed by atoms with Gasteiger partial charge in [-0.2, -0.15) is 0 Å². The second kappa shape index (κ2) is 6.11. The summed E-state index contributed by atoms with van der Waals surface area (Å²) >= 11 is 6.05. The molecule has 0 spiro atoms. The molecule has 2 rings (SSSR count). The number of anilines is 1. The molecule has 2 atom stereocenters. The van der Waals surface area contributed by atoms with Crippen molar-refractivity contribution in [3.05, 3.63) is 29.8 Å². The number of hydrogen-bond acceptors (Lipinski definition) is 3. The summed E-state index contributed by atoms with van der Waals surface area (Å²) in [5, 5.41) is -0.248. The van der Waals surface area contributed by atoms with E-state index in [1.54, 1.807) is 12.1 Å². The van der Waals surface area contributed by atoms with E-state index in [4.69, 9.17) is 16.3 Å². The lowest BCUT2D eigenvalue weighted by atomic mass is 10.1. The van der Waals surface area contributed by atoms with Crippen LogP contribution in [0, 0.1) is 0 Å². The lowest BCUT2D eigenvalue weighted by molar-refractivity contribution is 0.127. The van der Waals surface area contributed by atoms with Gasteiger partial charge in [0.1, 0.15) is 0 Å². The molecule has 1 aromatic rings. The summed E-state index contributed by atoms with van der Waals surface area (Å²) in [5.41, 5.74) is 1.32. The number of ether oxygens (including phenoxy) is 1. The zero-order valence-corrected chi connectivity index (χ0v) is 12.4. The number of hydrogen-bond donors (Lipinski definition) is 1. The van der Waals surface area contributed by atoms with Crippen LogP contribution in [0.25, 0.3) is 0 Å². The van der Waals surface area contributed by atoms with Crippen molar-refractivity contribution in [3.8, 4) is 0 Å². The van der Waals surface area contributed by atoms with Gasteiger partial charge in [0, 0.05) is 6.61 Å². The van der Waals surface area contributed by atoms with Gasteiger partial charge in [-0.05, 0) is 31.4 Å². The first-order valence-corrected chi connectivity index (χ1v) is 8.42. The minimum absolute atomic E-state index is 0.00198. The van der Waals surface area contributed by atoms with Crippen LogP contribution in [0.1, 0.15) is 30.7 Å². The highest BCUT2D eigenvalue weighted by Crippen LogP contribution is 2.28. The van der Waals surface area contributed by atoms with E-state index < -0.39 is 10.0 Å². The summed E-state index contributed by atoms with van der Waals surface area (Å²) in [6.07, 6.45) is 1.53. The van der Waals surface area contributed by atoms with Crippen LogP contribution in [0.4, 0.5) is 5.69 Å². The Morgan fingerprint density at radius 2 is 2.21 bits per heavy atom. The van der Waals surface area contributed by atoms with Crippen molar-refractivity contribution in [2.75, 3.05) is 17.1 Å². The fourth-order valence-corrected chi connectivity index (χ4v) is 3.71. The van der Waals surface area contributed by atoms with E-state index in [9.17, 15) is 8.42 Å².